The van der Waals surface area contributed by atoms with Gasteiger partial charge in [0.1, 0.15) is 0 Å². The van der Waals surface area contributed by atoms with Crippen molar-refractivity contribution in [2.45, 2.75) is 57.0 Å². The van der Waals surface area contributed by atoms with Gasteiger partial charge in [0, 0.05) is 24.8 Å². The molecule has 0 amide bonds. The van der Waals surface area contributed by atoms with Crippen LogP contribution in [-0.4, -0.2) is 39.6 Å². The summed E-state index contributed by atoms with van der Waals surface area (Å²) in [6, 6.07) is 8.64. The molecular formula is C22H28F2O5. The van der Waals surface area contributed by atoms with Crippen molar-refractivity contribution in [3.8, 4) is 0 Å². The molecule has 29 heavy (non-hydrogen) atoms. The summed E-state index contributed by atoms with van der Waals surface area (Å²) >= 11 is 0. The molecule has 0 saturated heterocycles. The number of aliphatic hydroxyl groups is 2. The molecule has 1 aromatic carbocycles. The molecule has 0 aromatic heterocycles. The van der Waals surface area contributed by atoms with Gasteiger partial charge in [0.15, 0.2) is 0 Å². The van der Waals surface area contributed by atoms with Gasteiger partial charge in [-0.25, -0.2) is 0 Å². The fourth-order valence-corrected chi connectivity index (χ4v) is 3.47. The Kier molecular flexibility index (Phi) is 8.95. The summed E-state index contributed by atoms with van der Waals surface area (Å²) in [6.07, 6.45) is 2.04. The van der Waals surface area contributed by atoms with Crippen LogP contribution in [0.5, 0.6) is 0 Å². The first-order chi connectivity index (χ1) is 13.8. The molecule has 0 aliphatic heterocycles. The van der Waals surface area contributed by atoms with Crippen molar-refractivity contribution >= 4 is 5.97 Å². The molecule has 1 aliphatic rings. The van der Waals surface area contributed by atoms with Crippen LogP contribution in [0.25, 0.3) is 0 Å². The van der Waals surface area contributed by atoms with Crippen molar-refractivity contribution in [3.05, 3.63) is 60.2 Å². The Balaban J connectivity index is 1.89. The zero-order valence-corrected chi connectivity index (χ0v) is 16.2. The number of alkyl halides is 2. The molecule has 0 spiro atoms. The molecule has 1 aromatic rings. The van der Waals surface area contributed by atoms with E-state index in [2.05, 4.69) is 0 Å². The third kappa shape index (κ3) is 8.04. The SMILES string of the molecule is O=C(O)CCCC=CC[C@@H]1[C@@H](C=CC(F)(F)OCc2ccccc2)[C@H](O)C[C@@H]1O. The average Bonchev–Trinajstić information content (AvgIpc) is 2.94. The Labute approximate surface area is 169 Å². The van der Waals surface area contributed by atoms with Crippen LogP contribution in [0.1, 0.15) is 37.7 Å². The second-order valence-corrected chi connectivity index (χ2v) is 7.30. The lowest BCUT2D eigenvalue weighted by atomic mass is 9.90. The van der Waals surface area contributed by atoms with Crippen LogP contribution < -0.4 is 0 Å². The van der Waals surface area contributed by atoms with Crippen LogP contribution in [0.2, 0.25) is 0 Å². The number of unbranched alkanes of at least 4 members (excludes halogenated alkanes) is 1. The fourth-order valence-electron chi connectivity index (χ4n) is 3.47. The molecule has 0 heterocycles. The van der Waals surface area contributed by atoms with Gasteiger partial charge in [-0.3, -0.25) is 4.79 Å². The van der Waals surface area contributed by atoms with Gasteiger partial charge in [0.25, 0.3) is 0 Å². The summed E-state index contributed by atoms with van der Waals surface area (Å²) in [6.45, 7) is -0.240. The van der Waals surface area contributed by atoms with Gasteiger partial charge in [0.05, 0.1) is 18.8 Å². The maximum absolute atomic E-state index is 14.1. The van der Waals surface area contributed by atoms with Crippen LogP contribution in [-0.2, 0) is 16.1 Å². The first-order valence-corrected chi connectivity index (χ1v) is 9.76. The molecule has 2 rings (SSSR count). The van der Waals surface area contributed by atoms with Crippen LogP contribution in [0, 0.1) is 11.8 Å². The van der Waals surface area contributed by atoms with Gasteiger partial charge in [0.2, 0.25) is 0 Å². The van der Waals surface area contributed by atoms with Crippen LogP contribution >= 0.6 is 0 Å². The third-order valence-electron chi connectivity index (χ3n) is 5.04. The molecule has 1 fully saturated rings. The van der Waals surface area contributed by atoms with Crippen LogP contribution in [0.3, 0.4) is 0 Å². The molecular weight excluding hydrogens is 382 g/mol. The van der Waals surface area contributed by atoms with E-state index < -0.39 is 30.2 Å². The minimum Gasteiger partial charge on any atom is -0.481 e. The molecule has 1 saturated carbocycles. The van der Waals surface area contributed by atoms with Gasteiger partial charge in [-0.05, 0) is 30.7 Å². The predicted molar refractivity (Wildman–Crippen MR) is 104 cm³/mol. The zero-order chi connectivity index (χ0) is 21.3. The minimum absolute atomic E-state index is 0.0819. The number of hydrogen-bond acceptors (Lipinski definition) is 4. The number of benzene rings is 1. The third-order valence-corrected chi connectivity index (χ3v) is 5.04. The quantitative estimate of drug-likeness (QED) is 0.380. The number of carbonyl (C=O) groups is 1. The Morgan fingerprint density at radius 2 is 1.90 bits per heavy atom. The lowest BCUT2D eigenvalue weighted by Crippen LogP contribution is -2.22. The summed E-state index contributed by atoms with van der Waals surface area (Å²) in [5, 5.41) is 28.9. The number of aliphatic carboxylic acids is 1. The van der Waals surface area contributed by atoms with Crippen LogP contribution in [0.4, 0.5) is 8.78 Å². The van der Waals surface area contributed by atoms with Crippen molar-refractivity contribution in [1.29, 1.82) is 0 Å². The number of halogens is 2. The lowest BCUT2D eigenvalue weighted by Gasteiger charge is -2.20. The van der Waals surface area contributed by atoms with Crippen molar-refractivity contribution in [2.75, 3.05) is 0 Å². The summed E-state index contributed by atoms with van der Waals surface area (Å²) in [5.41, 5.74) is 0.628. The average molecular weight is 410 g/mol. The number of rotatable bonds is 11. The molecule has 160 valence electrons. The van der Waals surface area contributed by atoms with E-state index in [1.807, 2.05) is 6.08 Å². The highest BCUT2D eigenvalue weighted by atomic mass is 19.3. The van der Waals surface area contributed by atoms with E-state index in [1.165, 1.54) is 6.08 Å². The Morgan fingerprint density at radius 3 is 2.59 bits per heavy atom. The number of hydrogen-bond donors (Lipinski definition) is 3. The number of carboxylic acid groups (broad SMARTS) is 1. The first kappa shape index (κ1) is 23.2. The molecule has 7 heteroatoms. The molecule has 3 N–H and O–H groups in total. The molecule has 4 atom stereocenters. The number of aliphatic hydroxyl groups excluding tert-OH is 2. The summed E-state index contributed by atoms with van der Waals surface area (Å²) < 4.78 is 32.8. The van der Waals surface area contributed by atoms with Gasteiger partial charge in [-0.15, -0.1) is 0 Å². The van der Waals surface area contributed by atoms with E-state index in [-0.39, 0.29) is 25.4 Å². The van der Waals surface area contributed by atoms with E-state index in [9.17, 15) is 23.8 Å². The van der Waals surface area contributed by atoms with Gasteiger partial charge < -0.3 is 20.1 Å². The van der Waals surface area contributed by atoms with Gasteiger partial charge in [-0.2, -0.15) is 8.78 Å². The van der Waals surface area contributed by atoms with E-state index in [0.717, 1.165) is 0 Å². The van der Waals surface area contributed by atoms with E-state index >= 15 is 0 Å². The smallest absolute Gasteiger partial charge is 0.376 e. The monoisotopic (exact) mass is 410 g/mol. The number of ether oxygens (including phenoxy) is 1. The predicted octanol–water partition coefficient (Wildman–Crippen LogP) is 3.91. The van der Waals surface area contributed by atoms with Gasteiger partial charge >= 0.3 is 12.1 Å². The van der Waals surface area contributed by atoms with Crippen molar-refractivity contribution < 1.29 is 33.6 Å². The summed E-state index contributed by atoms with van der Waals surface area (Å²) in [4.78, 5) is 10.5. The first-order valence-electron chi connectivity index (χ1n) is 9.76. The number of allylic oxidation sites excluding steroid dienone is 2. The Hall–Kier alpha value is -2.09. The second kappa shape index (κ2) is 11.2. The van der Waals surface area contributed by atoms with Crippen molar-refractivity contribution in [2.24, 2.45) is 11.8 Å². The largest absolute Gasteiger partial charge is 0.481 e. The van der Waals surface area contributed by atoms with Crippen molar-refractivity contribution in [1.82, 2.24) is 0 Å². The minimum atomic E-state index is -3.49. The molecule has 0 unspecified atom stereocenters. The highest BCUT2D eigenvalue weighted by molar-refractivity contribution is 5.66. The number of carboxylic acids is 1. The van der Waals surface area contributed by atoms with Crippen LogP contribution in [0.15, 0.2) is 54.6 Å². The van der Waals surface area contributed by atoms with E-state index in [1.54, 1.807) is 36.4 Å². The van der Waals surface area contributed by atoms with E-state index in [4.69, 9.17) is 9.84 Å². The topological polar surface area (TPSA) is 87.0 Å². The fraction of sp³-hybridized carbons (Fsp3) is 0.500. The molecule has 1 aliphatic carbocycles. The van der Waals surface area contributed by atoms with Gasteiger partial charge in [-0.1, -0.05) is 48.6 Å². The highest BCUT2D eigenvalue weighted by Crippen LogP contribution is 2.37. The maximum atomic E-state index is 14.1. The maximum Gasteiger partial charge on any atom is 0.376 e. The Bertz CT molecular complexity index is 690. The normalized spacial score (nSPS) is 25.2. The van der Waals surface area contributed by atoms with Crippen molar-refractivity contribution in [3.63, 3.8) is 0 Å². The molecule has 0 radical (unpaired) electrons. The zero-order valence-electron chi connectivity index (χ0n) is 16.2. The second-order valence-electron chi connectivity index (χ2n) is 7.30. The summed E-state index contributed by atoms with van der Waals surface area (Å²) in [5.74, 6) is -1.85. The molecule has 0 bridgehead atoms. The summed E-state index contributed by atoms with van der Waals surface area (Å²) in [7, 11) is 0. The Morgan fingerprint density at radius 1 is 1.17 bits per heavy atom. The lowest BCUT2D eigenvalue weighted by molar-refractivity contribution is -0.208. The molecule has 5 nitrogen and oxygen atoms in total. The standard InChI is InChI=1S/C22H28F2O5/c23-22(24,29-15-16-8-4-3-5-9-16)13-12-18-17(19(25)14-20(18)26)10-6-1-2-7-11-21(27)28/h1,3-6,8-9,12-13,17-20,25-26H,2,7,10-11,14-15H2,(H,27,28)/t17-,18-,19+,20-/m1/s1. The van der Waals surface area contributed by atoms with E-state index in [0.29, 0.717) is 30.9 Å². The highest BCUT2D eigenvalue weighted by Gasteiger charge is 2.40.